The molecule has 1 aliphatic heterocycles. The number of fused-ring (bicyclic) bond motifs is 6. The molecule has 526 valence electrons. The van der Waals surface area contributed by atoms with E-state index in [0.717, 1.165) is 50.0 Å². The van der Waals surface area contributed by atoms with Crippen molar-refractivity contribution in [2.45, 2.75) is 46.3 Å². The standard InChI is InChI=1S/C45H29N3S.C30H27BO2S.C21H14ClN3.CH4/c1-4-13-31(14-5-1)37-21-11-23-39-40-24-12-22-38(42(40)49-41(37)39)32-27-25-30(26-28-32)35-19-10-20-36(29-35)45-47-43(33-15-6-2-7-16-33)46-44(48-45)34-17-8-3-9-18-34;1-29(2)30(3,4)33-31(32-29)22-18-16-21(17-19-22)24-13-9-15-26-25-14-8-12-23(27(25)34-28(24)26)20-10-6-5-7-11-20;22-18-13-7-12-17(14-18)21-24-19(15-8-3-1-4-9-15)23-20(25-21)16-10-5-2-6-11-16;/h1-29H;5-19H,1-4H3;1-14H;1H4. The minimum Gasteiger partial charge on any atom is -0.399 e. The van der Waals surface area contributed by atoms with Crippen LogP contribution in [0.25, 0.3) is 164 Å². The Hall–Kier alpha value is -12.2. The zero-order chi connectivity index (χ0) is 73.1. The van der Waals surface area contributed by atoms with Crippen LogP contribution in [0, 0.1) is 0 Å². The number of aromatic nitrogens is 6. The molecule has 0 unspecified atom stereocenters. The third-order valence-electron chi connectivity index (χ3n) is 20.1. The normalized spacial score (nSPS) is 12.8. The molecule has 18 aromatic rings. The Morgan fingerprint density at radius 1 is 0.248 bits per heavy atom. The van der Waals surface area contributed by atoms with E-state index < -0.39 is 0 Å². The summed E-state index contributed by atoms with van der Waals surface area (Å²) in [6.07, 6.45) is 0. The molecule has 1 aliphatic rings. The minimum absolute atomic E-state index is 0. The van der Waals surface area contributed by atoms with Crippen LogP contribution < -0.4 is 5.46 Å². The second kappa shape index (κ2) is 31.0. The van der Waals surface area contributed by atoms with E-state index in [-0.39, 0.29) is 25.7 Å². The van der Waals surface area contributed by atoms with Gasteiger partial charge in [-0.3, -0.25) is 0 Å². The van der Waals surface area contributed by atoms with Gasteiger partial charge in [-0.05, 0) is 107 Å². The first-order valence-corrected chi connectivity index (χ1v) is 38.1. The zero-order valence-electron chi connectivity index (χ0n) is 59.8. The summed E-state index contributed by atoms with van der Waals surface area (Å²) in [5.41, 5.74) is 18.3. The molecule has 0 spiro atoms. The molecule has 109 heavy (non-hydrogen) atoms. The highest BCUT2D eigenvalue weighted by molar-refractivity contribution is 7.27. The molecular weight excluding hydrogens is 1390 g/mol. The van der Waals surface area contributed by atoms with Gasteiger partial charge >= 0.3 is 7.12 Å². The lowest BCUT2D eigenvalue weighted by atomic mass is 9.78. The van der Waals surface area contributed by atoms with E-state index in [9.17, 15) is 0 Å². The van der Waals surface area contributed by atoms with Crippen LogP contribution in [-0.2, 0) is 9.31 Å². The van der Waals surface area contributed by atoms with Crippen LogP contribution in [0.15, 0.2) is 352 Å². The van der Waals surface area contributed by atoms with E-state index in [1.807, 2.05) is 168 Å². The smallest absolute Gasteiger partial charge is 0.399 e. The monoisotopic (exact) mass is 1460 g/mol. The predicted octanol–water partition coefficient (Wildman–Crippen LogP) is 26.1. The number of hydrogen-bond donors (Lipinski definition) is 0. The average molecular weight is 1470 g/mol. The van der Waals surface area contributed by atoms with Crippen molar-refractivity contribution in [3.05, 3.63) is 357 Å². The van der Waals surface area contributed by atoms with Gasteiger partial charge in [0.1, 0.15) is 0 Å². The van der Waals surface area contributed by atoms with Crippen molar-refractivity contribution in [3.63, 3.8) is 0 Å². The summed E-state index contributed by atoms with van der Waals surface area (Å²) in [6.45, 7) is 8.36. The molecule has 0 amide bonds. The second-order valence-electron chi connectivity index (χ2n) is 27.6. The van der Waals surface area contributed by atoms with Crippen LogP contribution in [0.4, 0.5) is 0 Å². The molecule has 0 aliphatic carbocycles. The van der Waals surface area contributed by atoms with Crippen LogP contribution in [0.3, 0.4) is 0 Å². The van der Waals surface area contributed by atoms with Crippen molar-refractivity contribution in [1.82, 2.24) is 29.9 Å². The third kappa shape index (κ3) is 14.8. The van der Waals surface area contributed by atoms with E-state index in [4.69, 9.17) is 35.9 Å². The van der Waals surface area contributed by atoms with Crippen molar-refractivity contribution >= 4 is 87.2 Å². The number of thiophene rings is 2. The first-order chi connectivity index (χ1) is 52.9. The fraction of sp³-hybridized carbons (Fsp3) is 0.0722. The van der Waals surface area contributed by atoms with Crippen LogP contribution >= 0.6 is 34.3 Å². The molecule has 14 aromatic carbocycles. The van der Waals surface area contributed by atoms with Crippen LogP contribution in [-0.4, -0.2) is 48.2 Å². The summed E-state index contributed by atoms with van der Waals surface area (Å²) in [7, 11) is -0.340. The Morgan fingerprint density at radius 2 is 0.495 bits per heavy atom. The van der Waals surface area contributed by atoms with Gasteiger partial charge in [0.25, 0.3) is 0 Å². The van der Waals surface area contributed by atoms with Crippen molar-refractivity contribution in [3.8, 4) is 124 Å². The predicted molar refractivity (Wildman–Crippen MR) is 459 cm³/mol. The lowest BCUT2D eigenvalue weighted by Crippen LogP contribution is -2.41. The highest BCUT2D eigenvalue weighted by Gasteiger charge is 2.51. The maximum absolute atomic E-state index is 6.24. The summed E-state index contributed by atoms with van der Waals surface area (Å²) in [5, 5.41) is 5.89. The van der Waals surface area contributed by atoms with Gasteiger partial charge in [-0.1, -0.05) is 353 Å². The molecule has 5 heterocycles. The summed E-state index contributed by atoms with van der Waals surface area (Å²) in [4.78, 5) is 28.7. The van der Waals surface area contributed by atoms with E-state index >= 15 is 0 Å². The van der Waals surface area contributed by atoms with Gasteiger partial charge in [0, 0.05) is 78.7 Å². The molecule has 0 bridgehead atoms. The molecule has 8 nitrogen and oxygen atoms in total. The van der Waals surface area contributed by atoms with Gasteiger partial charge in [-0.15, -0.1) is 22.7 Å². The van der Waals surface area contributed by atoms with Crippen molar-refractivity contribution in [2.24, 2.45) is 0 Å². The molecular formula is C97H74BClN6O2S2. The van der Waals surface area contributed by atoms with Gasteiger partial charge < -0.3 is 9.31 Å². The fourth-order valence-corrected chi connectivity index (χ4v) is 16.7. The summed E-state index contributed by atoms with van der Waals surface area (Å²) < 4.78 is 17.8. The highest BCUT2D eigenvalue weighted by atomic mass is 35.5. The van der Waals surface area contributed by atoms with Gasteiger partial charge in [0.15, 0.2) is 34.9 Å². The first kappa shape index (κ1) is 71.1. The van der Waals surface area contributed by atoms with E-state index in [2.05, 4.69) is 249 Å². The number of benzene rings is 14. The number of hydrogen-bond acceptors (Lipinski definition) is 10. The van der Waals surface area contributed by atoms with Gasteiger partial charge in [-0.2, -0.15) is 0 Å². The van der Waals surface area contributed by atoms with Crippen LogP contribution in [0.1, 0.15) is 35.1 Å². The van der Waals surface area contributed by atoms with Gasteiger partial charge in [0.2, 0.25) is 0 Å². The fourth-order valence-electron chi connectivity index (χ4n) is 13.8. The highest BCUT2D eigenvalue weighted by Crippen LogP contribution is 2.47. The number of nitrogens with zero attached hydrogens (tertiary/aromatic N) is 6. The number of rotatable bonds is 12. The van der Waals surface area contributed by atoms with Crippen molar-refractivity contribution in [2.75, 3.05) is 0 Å². The first-order valence-electron chi connectivity index (χ1n) is 36.1. The quantitative estimate of drug-likeness (QED) is 0.112. The molecule has 0 atom stereocenters. The van der Waals surface area contributed by atoms with E-state index in [0.29, 0.717) is 40.0 Å². The largest absolute Gasteiger partial charge is 0.494 e. The Bertz CT molecular complexity index is 6120. The van der Waals surface area contributed by atoms with Gasteiger partial charge in [-0.25, -0.2) is 29.9 Å². The number of halogens is 1. The Balaban J connectivity index is 0.000000132. The van der Waals surface area contributed by atoms with Crippen LogP contribution in [0.2, 0.25) is 5.02 Å². The average Bonchev–Trinajstić information content (AvgIpc) is 1.62. The maximum atomic E-state index is 6.24. The molecule has 4 aromatic heterocycles. The lowest BCUT2D eigenvalue weighted by molar-refractivity contribution is 0.00578. The van der Waals surface area contributed by atoms with Crippen molar-refractivity contribution in [1.29, 1.82) is 0 Å². The molecule has 19 rings (SSSR count). The van der Waals surface area contributed by atoms with E-state index in [1.54, 1.807) is 0 Å². The van der Waals surface area contributed by atoms with Gasteiger partial charge in [0.05, 0.1) is 11.2 Å². The minimum atomic E-state index is -0.340. The lowest BCUT2D eigenvalue weighted by Gasteiger charge is -2.32. The molecule has 0 N–H and O–H groups in total. The topological polar surface area (TPSA) is 95.8 Å². The molecule has 0 radical (unpaired) electrons. The second-order valence-corrected chi connectivity index (χ2v) is 30.1. The molecule has 1 saturated heterocycles. The maximum Gasteiger partial charge on any atom is 0.494 e. The molecule has 0 saturated carbocycles. The third-order valence-corrected chi connectivity index (χ3v) is 22.9. The SMILES string of the molecule is C.CC1(C)OB(c2ccc(-c3cccc4c3sc3c(-c5ccccc5)cccc34)cc2)OC1(C)C.Clc1cccc(-c2nc(-c3ccccc3)nc(-c3ccccc3)n2)c1.c1ccc(-c2nc(-c3ccccc3)nc(-c3cccc(-c4ccc(-c5cccc6c5sc5c(-c7ccccc7)cccc56)cc4)c3)n2)cc1. The Kier molecular flexibility index (Phi) is 20.2. The zero-order valence-corrected chi connectivity index (χ0v) is 62.1. The Labute approximate surface area is 648 Å². The summed E-state index contributed by atoms with van der Waals surface area (Å²) >= 11 is 9.91. The summed E-state index contributed by atoms with van der Waals surface area (Å²) in [6, 6.07) is 122. The van der Waals surface area contributed by atoms with Crippen LogP contribution in [0.5, 0.6) is 0 Å². The van der Waals surface area contributed by atoms with E-state index in [1.165, 1.54) is 84.9 Å². The molecule has 12 heteroatoms. The molecule has 1 fully saturated rings. The van der Waals surface area contributed by atoms with Crippen molar-refractivity contribution < 1.29 is 9.31 Å². The summed E-state index contributed by atoms with van der Waals surface area (Å²) in [5.74, 6) is 3.86. The Morgan fingerprint density at radius 3 is 0.826 bits per heavy atom.